The Labute approximate surface area is 172 Å². The minimum absolute atomic E-state index is 0.275. The van der Waals surface area contributed by atoms with Gasteiger partial charge < -0.3 is 10.4 Å². The largest absolute Gasteiger partial charge is 0.389 e. The molecule has 2 fully saturated rings. The van der Waals surface area contributed by atoms with Crippen LogP contribution in [0.2, 0.25) is 5.02 Å². The molecule has 2 aromatic rings. The lowest BCUT2D eigenvalue weighted by Gasteiger charge is -2.37. The van der Waals surface area contributed by atoms with E-state index in [0.717, 1.165) is 12.0 Å². The Hall–Kier alpha value is -2.48. The lowest BCUT2D eigenvalue weighted by Crippen LogP contribution is -2.55. The number of carbonyl (C=O) groups is 1. The number of para-hydroxylation sites is 1. The van der Waals surface area contributed by atoms with Gasteiger partial charge in [-0.1, -0.05) is 41.9 Å². The molecule has 0 aromatic heterocycles. The number of halogens is 1. The molecule has 3 aliphatic heterocycles. The second-order valence-electron chi connectivity index (χ2n) is 8.01. The third-order valence-electron chi connectivity index (χ3n) is 6.93. The average molecular weight is 414 g/mol. The topological polar surface area (TPSA) is 95.7 Å². The van der Waals surface area contributed by atoms with E-state index in [2.05, 4.69) is 5.32 Å². The standard InChI is InChI=1S/C21H20ClN3O4/c22-14-9-7-13(8-10-14)18-20(12-26,25(28)29)17-6-3-11-24(17)21(18)15-4-1-2-5-16(15)23-19(21)27/h1-2,4-5,7-10,17-18,26H,3,6,11-12H2,(H,23,27)/t17-,18-,20+,21?/m1/s1. The molecule has 29 heavy (non-hydrogen) atoms. The highest BCUT2D eigenvalue weighted by molar-refractivity contribution is 6.30. The van der Waals surface area contributed by atoms with Crippen molar-refractivity contribution in [2.75, 3.05) is 18.5 Å². The van der Waals surface area contributed by atoms with E-state index in [0.29, 0.717) is 29.2 Å². The van der Waals surface area contributed by atoms with Crippen LogP contribution in [0.4, 0.5) is 5.69 Å². The van der Waals surface area contributed by atoms with Crippen LogP contribution in [0.25, 0.3) is 0 Å². The molecule has 0 saturated carbocycles. The second kappa shape index (κ2) is 6.26. The van der Waals surface area contributed by atoms with Gasteiger partial charge in [0, 0.05) is 27.7 Å². The average Bonchev–Trinajstić information content (AvgIpc) is 3.36. The maximum atomic E-state index is 13.6. The molecule has 0 aliphatic carbocycles. The fourth-order valence-corrected chi connectivity index (χ4v) is 6.06. The van der Waals surface area contributed by atoms with Crippen molar-refractivity contribution >= 4 is 23.2 Å². The summed E-state index contributed by atoms with van der Waals surface area (Å²) < 4.78 is 0. The Morgan fingerprint density at radius 2 is 1.97 bits per heavy atom. The number of fused-ring (bicyclic) bond motifs is 4. The first-order chi connectivity index (χ1) is 14.0. The number of aliphatic hydroxyl groups excluding tert-OH is 1. The summed E-state index contributed by atoms with van der Waals surface area (Å²) in [6, 6.07) is 13.6. The molecule has 2 N–H and O–H groups in total. The predicted molar refractivity (Wildman–Crippen MR) is 107 cm³/mol. The maximum absolute atomic E-state index is 13.6. The molecule has 2 aromatic carbocycles. The molecule has 150 valence electrons. The molecule has 0 radical (unpaired) electrons. The SMILES string of the molecule is O=C1Nc2ccccc2C12[C@H](c1ccc(Cl)cc1)[C@@](CO)([N+](=O)[O-])[C@H]1CCCN12. The molecule has 1 amide bonds. The smallest absolute Gasteiger partial charge is 0.269 e. The van der Waals surface area contributed by atoms with Crippen LogP contribution in [-0.4, -0.2) is 45.6 Å². The Morgan fingerprint density at radius 1 is 1.24 bits per heavy atom. The molecule has 1 unspecified atom stereocenters. The zero-order chi connectivity index (χ0) is 20.4. The summed E-state index contributed by atoms with van der Waals surface area (Å²) in [7, 11) is 0. The highest BCUT2D eigenvalue weighted by atomic mass is 35.5. The highest BCUT2D eigenvalue weighted by Gasteiger charge is 2.78. The van der Waals surface area contributed by atoms with E-state index < -0.39 is 29.6 Å². The van der Waals surface area contributed by atoms with E-state index in [1.54, 1.807) is 24.3 Å². The molecular weight excluding hydrogens is 394 g/mol. The van der Waals surface area contributed by atoms with E-state index in [-0.39, 0.29) is 10.8 Å². The van der Waals surface area contributed by atoms with Crippen LogP contribution >= 0.6 is 11.6 Å². The molecule has 3 heterocycles. The number of aliphatic hydroxyl groups is 1. The number of nitrogens with zero attached hydrogens (tertiary/aromatic N) is 2. The van der Waals surface area contributed by atoms with Crippen molar-refractivity contribution in [1.82, 2.24) is 4.90 Å². The molecule has 8 heteroatoms. The first-order valence-electron chi connectivity index (χ1n) is 9.66. The van der Waals surface area contributed by atoms with Gasteiger partial charge in [0.1, 0.15) is 12.1 Å². The van der Waals surface area contributed by atoms with Crippen molar-refractivity contribution in [2.24, 2.45) is 0 Å². The Bertz CT molecular complexity index is 1010. The van der Waals surface area contributed by atoms with E-state index in [4.69, 9.17) is 11.6 Å². The van der Waals surface area contributed by atoms with E-state index in [1.807, 2.05) is 29.2 Å². The van der Waals surface area contributed by atoms with Crippen LogP contribution in [0.3, 0.4) is 0 Å². The van der Waals surface area contributed by atoms with Crippen LogP contribution in [0.5, 0.6) is 0 Å². The molecule has 1 spiro atoms. The lowest BCUT2D eigenvalue weighted by atomic mass is 9.67. The van der Waals surface area contributed by atoms with Crippen molar-refractivity contribution < 1.29 is 14.8 Å². The van der Waals surface area contributed by atoms with Gasteiger partial charge in [-0.3, -0.25) is 19.8 Å². The van der Waals surface area contributed by atoms with Crippen molar-refractivity contribution in [3.05, 3.63) is 74.8 Å². The Kier molecular flexibility index (Phi) is 4.00. The van der Waals surface area contributed by atoms with Crippen LogP contribution in [-0.2, 0) is 10.3 Å². The van der Waals surface area contributed by atoms with Gasteiger partial charge in [0.2, 0.25) is 0 Å². The summed E-state index contributed by atoms with van der Waals surface area (Å²) >= 11 is 6.07. The fourth-order valence-electron chi connectivity index (χ4n) is 5.93. The number of hydrogen-bond acceptors (Lipinski definition) is 5. The number of carbonyl (C=O) groups excluding carboxylic acids is 1. The molecular formula is C21H20ClN3O4. The minimum atomic E-state index is -1.70. The normalized spacial score (nSPS) is 33.0. The van der Waals surface area contributed by atoms with Gasteiger partial charge in [-0.2, -0.15) is 0 Å². The molecule has 2 saturated heterocycles. The van der Waals surface area contributed by atoms with Crippen LogP contribution in [0.1, 0.15) is 29.9 Å². The first-order valence-corrected chi connectivity index (χ1v) is 10.0. The van der Waals surface area contributed by atoms with Gasteiger partial charge in [0.15, 0.2) is 0 Å². The van der Waals surface area contributed by atoms with E-state index >= 15 is 0 Å². The monoisotopic (exact) mass is 413 g/mol. The van der Waals surface area contributed by atoms with Crippen molar-refractivity contribution in [3.63, 3.8) is 0 Å². The molecule has 4 atom stereocenters. The quantitative estimate of drug-likeness (QED) is 0.596. The summed E-state index contributed by atoms with van der Waals surface area (Å²) in [5, 5.41) is 26.5. The third kappa shape index (κ3) is 2.12. The van der Waals surface area contributed by atoms with Crippen LogP contribution in [0.15, 0.2) is 48.5 Å². The van der Waals surface area contributed by atoms with Gasteiger partial charge in [0.25, 0.3) is 11.4 Å². The number of rotatable bonds is 3. The Morgan fingerprint density at radius 3 is 2.66 bits per heavy atom. The van der Waals surface area contributed by atoms with Crippen molar-refractivity contribution in [3.8, 4) is 0 Å². The molecule has 7 nitrogen and oxygen atoms in total. The van der Waals surface area contributed by atoms with Crippen molar-refractivity contribution in [2.45, 2.75) is 35.9 Å². The minimum Gasteiger partial charge on any atom is -0.389 e. The number of nitrogens with one attached hydrogen (secondary N) is 1. The summed E-state index contributed by atoms with van der Waals surface area (Å²) in [5.74, 6) is -1.14. The second-order valence-corrected chi connectivity index (χ2v) is 8.44. The molecule has 0 bridgehead atoms. The third-order valence-corrected chi connectivity index (χ3v) is 7.18. The summed E-state index contributed by atoms with van der Waals surface area (Å²) in [6.45, 7) is -0.0856. The van der Waals surface area contributed by atoms with Gasteiger partial charge in [-0.15, -0.1) is 0 Å². The van der Waals surface area contributed by atoms with Gasteiger partial charge in [0.05, 0.1) is 12.0 Å². The fraction of sp³-hybridized carbons (Fsp3) is 0.381. The van der Waals surface area contributed by atoms with Crippen LogP contribution < -0.4 is 5.32 Å². The first kappa shape index (κ1) is 18.5. The predicted octanol–water partition coefficient (Wildman–Crippen LogP) is 2.76. The Balaban J connectivity index is 1.86. The number of anilines is 1. The lowest BCUT2D eigenvalue weighted by molar-refractivity contribution is -0.580. The summed E-state index contributed by atoms with van der Waals surface area (Å²) in [4.78, 5) is 27.8. The number of benzene rings is 2. The van der Waals surface area contributed by atoms with Gasteiger partial charge in [-0.05, 0) is 36.6 Å². The summed E-state index contributed by atoms with van der Waals surface area (Å²) in [6.07, 6.45) is 1.30. The highest BCUT2D eigenvalue weighted by Crippen LogP contribution is 2.63. The maximum Gasteiger partial charge on any atom is 0.269 e. The zero-order valence-corrected chi connectivity index (χ0v) is 16.3. The summed E-state index contributed by atoms with van der Waals surface area (Å²) in [5.41, 5.74) is -0.921. The van der Waals surface area contributed by atoms with Crippen LogP contribution in [0, 0.1) is 10.1 Å². The zero-order valence-electron chi connectivity index (χ0n) is 15.5. The van der Waals surface area contributed by atoms with E-state index in [1.165, 1.54) is 0 Å². The number of nitro groups is 1. The van der Waals surface area contributed by atoms with Crippen molar-refractivity contribution in [1.29, 1.82) is 0 Å². The van der Waals surface area contributed by atoms with E-state index in [9.17, 15) is 20.0 Å². The molecule has 3 aliphatic rings. The van der Waals surface area contributed by atoms with Gasteiger partial charge >= 0.3 is 0 Å². The van der Waals surface area contributed by atoms with Gasteiger partial charge in [-0.25, -0.2) is 0 Å². The number of hydrogen-bond donors (Lipinski definition) is 2. The molecule has 5 rings (SSSR count). The number of amides is 1.